The zero-order valence-corrected chi connectivity index (χ0v) is 11.1. The van der Waals surface area contributed by atoms with Crippen molar-refractivity contribution < 1.29 is 5.11 Å². The van der Waals surface area contributed by atoms with E-state index in [1.165, 1.54) is 12.8 Å². The Bertz CT molecular complexity index is 169. The van der Waals surface area contributed by atoms with Crippen molar-refractivity contribution in [3.63, 3.8) is 0 Å². The third-order valence-corrected chi connectivity index (χ3v) is 3.13. The van der Waals surface area contributed by atoms with Crippen molar-refractivity contribution in [3.8, 4) is 0 Å². The lowest BCUT2D eigenvalue weighted by Crippen LogP contribution is -2.38. The number of aliphatic hydroxyl groups is 1. The van der Waals surface area contributed by atoms with Crippen molar-refractivity contribution in [1.82, 2.24) is 10.2 Å². The molecule has 0 aromatic carbocycles. The smallest absolute Gasteiger partial charge is 0.0585 e. The molecule has 1 fully saturated rings. The maximum absolute atomic E-state index is 9.29. The lowest BCUT2D eigenvalue weighted by molar-refractivity contribution is 0.199. The van der Waals surface area contributed by atoms with Crippen LogP contribution in [0.4, 0.5) is 0 Å². The summed E-state index contributed by atoms with van der Waals surface area (Å²) in [6.07, 6.45) is 3.65. The maximum Gasteiger partial charge on any atom is 0.0585 e. The van der Waals surface area contributed by atoms with Crippen LogP contribution in [0.3, 0.4) is 0 Å². The topological polar surface area (TPSA) is 35.5 Å². The van der Waals surface area contributed by atoms with E-state index in [9.17, 15) is 5.11 Å². The van der Waals surface area contributed by atoms with Crippen molar-refractivity contribution in [3.05, 3.63) is 0 Å². The van der Waals surface area contributed by atoms with Gasteiger partial charge >= 0.3 is 0 Å². The fourth-order valence-corrected chi connectivity index (χ4v) is 2.04. The molecule has 0 aliphatic heterocycles. The van der Waals surface area contributed by atoms with Crippen LogP contribution >= 0.6 is 0 Å². The molecule has 1 aliphatic carbocycles. The van der Waals surface area contributed by atoms with E-state index in [-0.39, 0.29) is 6.61 Å². The van der Waals surface area contributed by atoms with Gasteiger partial charge in [0, 0.05) is 18.6 Å². The second-order valence-corrected chi connectivity index (χ2v) is 5.40. The molecule has 1 unspecified atom stereocenters. The maximum atomic E-state index is 9.29. The van der Waals surface area contributed by atoms with Gasteiger partial charge < -0.3 is 15.3 Å². The fourth-order valence-electron chi connectivity index (χ4n) is 2.04. The minimum absolute atomic E-state index is 0.274. The van der Waals surface area contributed by atoms with Gasteiger partial charge in [-0.2, -0.15) is 0 Å². The molecule has 3 nitrogen and oxygen atoms in total. The molecule has 0 aromatic heterocycles. The quantitative estimate of drug-likeness (QED) is 0.627. The molecule has 0 amide bonds. The van der Waals surface area contributed by atoms with E-state index in [1.807, 2.05) is 0 Å². The summed E-state index contributed by atoms with van der Waals surface area (Å²) < 4.78 is 0. The number of hydrogen-bond acceptors (Lipinski definition) is 3. The Balaban J connectivity index is 2.17. The molecule has 0 heterocycles. The third kappa shape index (κ3) is 5.83. The molecule has 0 aromatic rings. The number of hydrogen-bond donors (Lipinski definition) is 2. The monoisotopic (exact) mass is 228 g/mol. The van der Waals surface area contributed by atoms with Crippen molar-refractivity contribution in [1.29, 1.82) is 0 Å². The molecule has 0 bridgehead atoms. The van der Waals surface area contributed by atoms with E-state index in [0.29, 0.717) is 12.1 Å². The van der Waals surface area contributed by atoms with Gasteiger partial charge in [0.15, 0.2) is 0 Å². The van der Waals surface area contributed by atoms with Crippen LogP contribution in [0.5, 0.6) is 0 Å². The number of rotatable bonds is 9. The molecular formula is C13H28N2O. The van der Waals surface area contributed by atoms with E-state index in [0.717, 1.165) is 32.0 Å². The van der Waals surface area contributed by atoms with Gasteiger partial charge in [0.1, 0.15) is 0 Å². The summed E-state index contributed by atoms with van der Waals surface area (Å²) in [5, 5.41) is 12.8. The van der Waals surface area contributed by atoms with Gasteiger partial charge in [-0.3, -0.25) is 0 Å². The van der Waals surface area contributed by atoms with Crippen LogP contribution in [0.25, 0.3) is 0 Å². The van der Waals surface area contributed by atoms with E-state index in [1.54, 1.807) is 0 Å². The van der Waals surface area contributed by atoms with Crippen LogP contribution in [0.1, 0.15) is 40.0 Å². The Kier molecular flexibility index (Phi) is 6.32. The van der Waals surface area contributed by atoms with Crippen molar-refractivity contribution in [2.45, 2.75) is 52.1 Å². The molecule has 1 atom stereocenters. The number of nitrogens with zero attached hydrogens (tertiary/aromatic N) is 1. The van der Waals surface area contributed by atoms with Crippen molar-refractivity contribution >= 4 is 0 Å². The van der Waals surface area contributed by atoms with E-state index < -0.39 is 0 Å². The Morgan fingerprint density at radius 3 is 2.50 bits per heavy atom. The predicted molar refractivity (Wildman–Crippen MR) is 68.6 cm³/mol. The zero-order chi connectivity index (χ0) is 12.0. The first kappa shape index (κ1) is 13.9. The lowest BCUT2D eigenvalue weighted by Gasteiger charge is -2.25. The fraction of sp³-hybridized carbons (Fsp3) is 1.00. The van der Waals surface area contributed by atoms with Crippen LogP contribution < -0.4 is 5.32 Å². The average molecular weight is 228 g/mol. The Morgan fingerprint density at radius 2 is 2.06 bits per heavy atom. The molecule has 1 aliphatic rings. The van der Waals surface area contributed by atoms with E-state index >= 15 is 0 Å². The first-order valence-corrected chi connectivity index (χ1v) is 6.75. The van der Waals surface area contributed by atoms with E-state index in [2.05, 4.69) is 31.0 Å². The minimum atomic E-state index is 0.274. The molecule has 16 heavy (non-hydrogen) atoms. The second kappa shape index (κ2) is 7.25. The summed E-state index contributed by atoms with van der Waals surface area (Å²) in [5.74, 6) is 0.726. The van der Waals surface area contributed by atoms with Gasteiger partial charge in [-0.05, 0) is 38.3 Å². The minimum Gasteiger partial charge on any atom is -0.395 e. The molecule has 0 radical (unpaired) electrons. The summed E-state index contributed by atoms with van der Waals surface area (Å²) in [4.78, 5) is 2.47. The largest absolute Gasteiger partial charge is 0.395 e. The van der Waals surface area contributed by atoms with Gasteiger partial charge in [0.25, 0.3) is 0 Å². The summed E-state index contributed by atoms with van der Waals surface area (Å²) in [7, 11) is 0. The van der Waals surface area contributed by atoms with Gasteiger partial charge in [0.2, 0.25) is 0 Å². The highest BCUT2D eigenvalue weighted by molar-refractivity contribution is 4.85. The van der Waals surface area contributed by atoms with Gasteiger partial charge in [0.05, 0.1) is 6.61 Å². The van der Waals surface area contributed by atoms with E-state index in [4.69, 9.17) is 0 Å². The molecule has 1 rings (SSSR count). The Hall–Kier alpha value is -0.120. The third-order valence-electron chi connectivity index (χ3n) is 3.13. The van der Waals surface area contributed by atoms with Crippen LogP contribution in [-0.4, -0.2) is 48.3 Å². The van der Waals surface area contributed by atoms with Gasteiger partial charge in [-0.25, -0.2) is 0 Å². The first-order valence-electron chi connectivity index (χ1n) is 6.75. The Morgan fingerprint density at radius 1 is 1.38 bits per heavy atom. The highest BCUT2D eigenvalue weighted by atomic mass is 16.3. The Labute approximate surface area is 100 Å². The first-order chi connectivity index (χ1) is 7.65. The predicted octanol–water partition coefficient (Wildman–Crippen LogP) is 1.47. The van der Waals surface area contributed by atoms with Gasteiger partial charge in [-0.15, -0.1) is 0 Å². The SMILES string of the molecule is CCN(CCC(CO)NC1CC1)CC(C)C. The zero-order valence-electron chi connectivity index (χ0n) is 11.1. The summed E-state index contributed by atoms with van der Waals surface area (Å²) >= 11 is 0. The molecule has 0 saturated heterocycles. The summed E-state index contributed by atoms with van der Waals surface area (Å²) in [6.45, 7) is 10.4. The second-order valence-electron chi connectivity index (χ2n) is 5.40. The number of aliphatic hydroxyl groups excluding tert-OH is 1. The lowest BCUT2D eigenvalue weighted by atomic mass is 10.1. The van der Waals surface area contributed by atoms with Crippen LogP contribution in [0.15, 0.2) is 0 Å². The highest BCUT2D eigenvalue weighted by Gasteiger charge is 2.24. The van der Waals surface area contributed by atoms with Crippen molar-refractivity contribution in [2.75, 3.05) is 26.2 Å². The summed E-state index contributed by atoms with van der Waals surface area (Å²) in [6, 6.07) is 0.992. The highest BCUT2D eigenvalue weighted by Crippen LogP contribution is 2.19. The molecule has 1 saturated carbocycles. The van der Waals surface area contributed by atoms with Crippen molar-refractivity contribution in [2.24, 2.45) is 5.92 Å². The average Bonchev–Trinajstić information content (AvgIpc) is 3.05. The molecule has 3 heteroatoms. The molecule has 96 valence electrons. The van der Waals surface area contributed by atoms with Gasteiger partial charge in [-0.1, -0.05) is 20.8 Å². The number of nitrogens with one attached hydrogen (secondary N) is 1. The summed E-state index contributed by atoms with van der Waals surface area (Å²) in [5.41, 5.74) is 0. The standard InChI is InChI=1S/C13H28N2O/c1-4-15(9-11(2)3)8-7-13(10-16)14-12-5-6-12/h11-14,16H,4-10H2,1-3H3. The molecule has 2 N–H and O–H groups in total. The van der Waals surface area contributed by atoms with Crippen LogP contribution in [-0.2, 0) is 0 Å². The molecule has 0 spiro atoms. The van der Waals surface area contributed by atoms with Crippen LogP contribution in [0.2, 0.25) is 0 Å². The van der Waals surface area contributed by atoms with Crippen LogP contribution in [0, 0.1) is 5.92 Å². The molecular weight excluding hydrogens is 200 g/mol. The normalized spacial score (nSPS) is 18.4.